The third kappa shape index (κ3) is 5.92. The summed E-state index contributed by atoms with van der Waals surface area (Å²) in [7, 11) is 0. The van der Waals surface area contributed by atoms with Crippen molar-refractivity contribution >= 4 is 12.0 Å². The normalized spacial score (nSPS) is 23.9. The van der Waals surface area contributed by atoms with Crippen molar-refractivity contribution in [1.29, 1.82) is 0 Å². The minimum absolute atomic E-state index is 0.0375. The standard InChI is InChI=1S/C13H24N2O4/c1-3-4-11(7-12(16)17)15-13(18)14-8-10-5-6-19-9(10)2/h9-11H,3-8H2,1-2H3,(H,16,17)(H2,14,15,18). The van der Waals surface area contributed by atoms with E-state index in [0.717, 1.165) is 19.4 Å². The Kier molecular flexibility index (Phi) is 6.62. The van der Waals surface area contributed by atoms with Crippen LogP contribution in [-0.4, -0.2) is 42.4 Å². The molecule has 1 heterocycles. The van der Waals surface area contributed by atoms with E-state index in [1.165, 1.54) is 0 Å². The highest BCUT2D eigenvalue weighted by Gasteiger charge is 2.24. The van der Waals surface area contributed by atoms with E-state index in [4.69, 9.17) is 9.84 Å². The number of carboxylic acid groups (broad SMARTS) is 1. The van der Waals surface area contributed by atoms with Crippen LogP contribution in [0.3, 0.4) is 0 Å². The SMILES string of the molecule is CCCC(CC(=O)O)NC(=O)NCC1CCOC1C. The van der Waals surface area contributed by atoms with Crippen LogP contribution in [-0.2, 0) is 9.53 Å². The van der Waals surface area contributed by atoms with Gasteiger partial charge in [0.15, 0.2) is 0 Å². The Morgan fingerprint density at radius 1 is 1.47 bits per heavy atom. The second kappa shape index (κ2) is 7.99. The largest absolute Gasteiger partial charge is 0.481 e. The number of carbonyl (C=O) groups excluding carboxylic acids is 1. The molecule has 0 aromatic carbocycles. The highest BCUT2D eigenvalue weighted by molar-refractivity contribution is 5.75. The summed E-state index contributed by atoms with van der Waals surface area (Å²) in [6, 6.07) is -0.599. The van der Waals surface area contributed by atoms with Gasteiger partial charge in [-0.3, -0.25) is 4.79 Å². The van der Waals surface area contributed by atoms with Gasteiger partial charge in [0.1, 0.15) is 0 Å². The highest BCUT2D eigenvalue weighted by atomic mass is 16.5. The first kappa shape index (κ1) is 15.8. The summed E-state index contributed by atoms with van der Waals surface area (Å²) in [5.74, 6) is -0.550. The zero-order valence-electron chi connectivity index (χ0n) is 11.6. The fraction of sp³-hybridized carbons (Fsp3) is 0.846. The van der Waals surface area contributed by atoms with Crippen LogP contribution in [0.4, 0.5) is 4.79 Å². The van der Waals surface area contributed by atoms with Crippen molar-refractivity contribution in [3.8, 4) is 0 Å². The van der Waals surface area contributed by atoms with Crippen LogP contribution in [0.5, 0.6) is 0 Å². The lowest BCUT2D eigenvalue weighted by atomic mass is 10.0. The number of amides is 2. The molecule has 1 aliphatic heterocycles. The van der Waals surface area contributed by atoms with Crippen molar-refractivity contribution in [1.82, 2.24) is 10.6 Å². The number of hydrogen-bond donors (Lipinski definition) is 3. The predicted octanol–water partition coefficient (Wildman–Crippen LogP) is 1.35. The molecule has 1 aliphatic rings. The Bertz CT molecular complexity index is 309. The quantitative estimate of drug-likeness (QED) is 0.653. The average Bonchev–Trinajstić information content (AvgIpc) is 2.71. The van der Waals surface area contributed by atoms with Crippen molar-refractivity contribution in [2.45, 2.75) is 51.7 Å². The molecule has 0 aliphatic carbocycles. The van der Waals surface area contributed by atoms with Crippen LogP contribution in [0.25, 0.3) is 0 Å². The fourth-order valence-electron chi connectivity index (χ4n) is 2.29. The van der Waals surface area contributed by atoms with E-state index in [2.05, 4.69) is 10.6 Å². The first-order valence-corrected chi connectivity index (χ1v) is 6.90. The number of carbonyl (C=O) groups is 2. The maximum atomic E-state index is 11.7. The Morgan fingerprint density at radius 2 is 2.21 bits per heavy atom. The number of nitrogens with one attached hydrogen (secondary N) is 2. The summed E-state index contributed by atoms with van der Waals surface area (Å²) in [5.41, 5.74) is 0. The molecule has 6 nitrogen and oxygen atoms in total. The van der Waals surface area contributed by atoms with E-state index in [1.54, 1.807) is 0 Å². The molecule has 3 N–H and O–H groups in total. The van der Waals surface area contributed by atoms with Gasteiger partial charge in [-0.25, -0.2) is 4.79 Å². The van der Waals surface area contributed by atoms with E-state index >= 15 is 0 Å². The molecular weight excluding hydrogens is 248 g/mol. The number of hydrogen-bond acceptors (Lipinski definition) is 3. The van der Waals surface area contributed by atoms with Crippen molar-refractivity contribution < 1.29 is 19.4 Å². The van der Waals surface area contributed by atoms with E-state index in [-0.39, 0.29) is 24.6 Å². The topological polar surface area (TPSA) is 87.7 Å². The molecule has 3 unspecified atom stereocenters. The van der Waals surface area contributed by atoms with Crippen molar-refractivity contribution in [3.63, 3.8) is 0 Å². The zero-order valence-corrected chi connectivity index (χ0v) is 11.6. The summed E-state index contributed by atoms with van der Waals surface area (Å²) < 4.78 is 5.42. The van der Waals surface area contributed by atoms with E-state index < -0.39 is 5.97 Å². The van der Waals surface area contributed by atoms with E-state index in [0.29, 0.717) is 18.9 Å². The molecule has 3 atom stereocenters. The predicted molar refractivity (Wildman–Crippen MR) is 71.0 cm³/mol. The lowest BCUT2D eigenvalue weighted by Gasteiger charge is -2.19. The van der Waals surface area contributed by atoms with Crippen molar-refractivity contribution in [3.05, 3.63) is 0 Å². The van der Waals surface area contributed by atoms with E-state index in [9.17, 15) is 9.59 Å². The third-order valence-electron chi connectivity index (χ3n) is 3.45. The molecule has 6 heteroatoms. The number of urea groups is 1. The van der Waals surface area contributed by atoms with Crippen molar-refractivity contribution in [2.24, 2.45) is 5.92 Å². The summed E-state index contributed by atoms with van der Waals surface area (Å²) in [5, 5.41) is 14.3. The molecule has 0 bridgehead atoms. The van der Waals surface area contributed by atoms with Gasteiger partial charge in [0.2, 0.25) is 0 Å². The molecule has 0 radical (unpaired) electrons. The first-order chi connectivity index (χ1) is 9.02. The molecule has 1 fully saturated rings. The van der Waals surface area contributed by atoms with Gasteiger partial charge >= 0.3 is 12.0 Å². The van der Waals surface area contributed by atoms with Gasteiger partial charge in [0.05, 0.1) is 12.5 Å². The minimum atomic E-state index is -0.892. The smallest absolute Gasteiger partial charge is 0.315 e. The number of carboxylic acids is 1. The van der Waals surface area contributed by atoms with Gasteiger partial charge in [0, 0.05) is 25.1 Å². The molecule has 0 aromatic rings. The van der Waals surface area contributed by atoms with Gasteiger partial charge in [-0.2, -0.15) is 0 Å². The first-order valence-electron chi connectivity index (χ1n) is 6.90. The molecule has 1 saturated heterocycles. The lowest BCUT2D eigenvalue weighted by Crippen LogP contribution is -2.45. The van der Waals surface area contributed by atoms with Crippen LogP contribution in [0.2, 0.25) is 0 Å². The molecular formula is C13H24N2O4. The van der Waals surface area contributed by atoms with Crippen LogP contribution in [0.1, 0.15) is 39.5 Å². The van der Waals surface area contributed by atoms with Crippen molar-refractivity contribution in [2.75, 3.05) is 13.2 Å². The summed E-state index contributed by atoms with van der Waals surface area (Å²) in [6.45, 7) is 5.28. The van der Waals surface area contributed by atoms with Gasteiger partial charge in [-0.15, -0.1) is 0 Å². The Balaban J connectivity index is 2.29. The molecule has 110 valence electrons. The highest BCUT2D eigenvalue weighted by Crippen LogP contribution is 2.19. The van der Waals surface area contributed by atoms with Crippen LogP contribution >= 0.6 is 0 Å². The second-order valence-corrected chi connectivity index (χ2v) is 5.06. The van der Waals surface area contributed by atoms with Gasteiger partial charge in [-0.1, -0.05) is 13.3 Å². The fourth-order valence-corrected chi connectivity index (χ4v) is 2.29. The van der Waals surface area contributed by atoms with Crippen LogP contribution in [0.15, 0.2) is 0 Å². The molecule has 1 rings (SSSR count). The molecule has 2 amide bonds. The van der Waals surface area contributed by atoms with Crippen LogP contribution in [0, 0.1) is 5.92 Å². The maximum absolute atomic E-state index is 11.7. The Morgan fingerprint density at radius 3 is 2.74 bits per heavy atom. The molecule has 0 spiro atoms. The Labute approximate surface area is 113 Å². The summed E-state index contributed by atoms with van der Waals surface area (Å²) in [4.78, 5) is 22.4. The third-order valence-corrected chi connectivity index (χ3v) is 3.45. The number of rotatable bonds is 7. The molecule has 0 aromatic heterocycles. The monoisotopic (exact) mass is 272 g/mol. The summed E-state index contributed by atoms with van der Waals surface area (Å²) >= 11 is 0. The number of aliphatic carboxylic acids is 1. The number of ether oxygens (including phenoxy) is 1. The van der Waals surface area contributed by atoms with Gasteiger partial charge < -0.3 is 20.5 Å². The Hall–Kier alpha value is -1.30. The molecule has 0 saturated carbocycles. The maximum Gasteiger partial charge on any atom is 0.315 e. The van der Waals surface area contributed by atoms with Gasteiger partial charge in [-0.05, 0) is 19.8 Å². The minimum Gasteiger partial charge on any atom is -0.481 e. The second-order valence-electron chi connectivity index (χ2n) is 5.06. The lowest BCUT2D eigenvalue weighted by molar-refractivity contribution is -0.137. The van der Waals surface area contributed by atoms with Gasteiger partial charge in [0.25, 0.3) is 0 Å². The molecule has 19 heavy (non-hydrogen) atoms. The zero-order chi connectivity index (χ0) is 14.3. The average molecular weight is 272 g/mol. The summed E-state index contributed by atoms with van der Waals surface area (Å²) in [6.07, 6.45) is 2.60. The van der Waals surface area contributed by atoms with Crippen LogP contribution < -0.4 is 10.6 Å². The van der Waals surface area contributed by atoms with E-state index in [1.807, 2.05) is 13.8 Å².